The molecule has 0 atom stereocenters. The summed E-state index contributed by atoms with van der Waals surface area (Å²) in [4.78, 5) is 19.4. The van der Waals surface area contributed by atoms with Crippen molar-refractivity contribution in [3.63, 3.8) is 0 Å². The fourth-order valence-electron chi connectivity index (χ4n) is 5.14. The van der Waals surface area contributed by atoms with E-state index in [-0.39, 0.29) is 0 Å². The first kappa shape index (κ1) is 30.4. The molecule has 1 fully saturated rings. The number of rotatable bonds is 11. The molecule has 0 bridgehead atoms. The van der Waals surface area contributed by atoms with Crippen LogP contribution in [0.15, 0.2) is 91.0 Å². The highest BCUT2D eigenvalue weighted by molar-refractivity contribution is 6.30. The predicted molar refractivity (Wildman–Crippen MR) is 173 cm³/mol. The van der Waals surface area contributed by atoms with Crippen LogP contribution in [0.5, 0.6) is 17.2 Å². The fourth-order valence-corrected chi connectivity index (χ4v) is 5.27. The van der Waals surface area contributed by atoms with Crippen molar-refractivity contribution in [3.8, 4) is 28.4 Å². The predicted octanol–water partition coefficient (Wildman–Crippen LogP) is 6.85. The van der Waals surface area contributed by atoms with Gasteiger partial charge in [-0.25, -0.2) is 4.79 Å². The molecule has 224 valence electrons. The summed E-state index contributed by atoms with van der Waals surface area (Å²) in [5.74, 6) is 1.60. The summed E-state index contributed by atoms with van der Waals surface area (Å²) in [7, 11) is 5.47. The Morgan fingerprint density at radius 1 is 0.860 bits per heavy atom. The lowest BCUT2D eigenvalue weighted by Gasteiger charge is -2.36. The number of likely N-dealkylation sites (N-methyl/N-ethyl adjacent to an activating group) is 1. The Bertz CT molecular complexity index is 1500. The topological polar surface area (TPSA) is 54.5 Å². The number of anilines is 1. The average molecular weight is 600 g/mol. The number of para-hydroxylation sites is 1. The van der Waals surface area contributed by atoms with E-state index in [1.54, 1.807) is 6.07 Å². The Morgan fingerprint density at radius 3 is 2.30 bits per heavy atom. The standard InChI is InChI=1S/C35H38ClN3O4/c1-37(2)21-22-42-31-14-16-32(26-9-11-28(36)12-10-26)27(23-31)25-38-17-19-39(20-18-38)29-13-15-33(35(40)41-3)34(24-29)43-30-7-5-4-6-8-30/h4-16,23-24H,17-22,25H2,1-3H3. The minimum absolute atomic E-state index is 0.399. The maximum Gasteiger partial charge on any atom is 0.341 e. The number of ether oxygens (including phenoxy) is 3. The number of esters is 1. The van der Waals surface area contributed by atoms with Crippen LogP contribution in [0, 0.1) is 0 Å². The Balaban J connectivity index is 1.30. The number of carbonyl (C=O) groups excluding carboxylic acids is 1. The Labute approximate surface area is 259 Å². The van der Waals surface area contributed by atoms with Crippen molar-refractivity contribution in [1.82, 2.24) is 9.80 Å². The number of methoxy groups -OCH3 is 1. The van der Waals surface area contributed by atoms with E-state index in [0.717, 1.165) is 61.3 Å². The molecule has 7 nitrogen and oxygen atoms in total. The number of piperazine rings is 1. The molecule has 5 rings (SSSR count). The summed E-state index contributed by atoms with van der Waals surface area (Å²) in [6, 6.07) is 29.5. The van der Waals surface area contributed by atoms with Crippen LogP contribution in [-0.2, 0) is 11.3 Å². The minimum Gasteiger partial charge on any atom is -0.492 e. The lowest BCUT2D eigenvalue weighted by molar-refractivity contribution is 0.0598. The molecular formula is C35H38ClN3O4. The van der Waals surface area contributed by atoms with Crippen LogP contribution in [0.1, 0.15) is 15.9 Å². The zero-order chi connectivity index (χ0) is 30.2. The van der Waals surface area contributed by atoms with Gasteiger partial charge in [-0.15, -0.1) is 0 Å². The molecule has 4 aromatic rings. The lowest BCUT2D eigenvalue weighted by atomic mass is 9.98. The molecule has 1 aliphatic heterocycles. The number of carbonyl (C=O) groups is 1. The van der Waals surface area contributed by atoms with E-state index in [4.69, 9.17) is 25.8 Å². The molecule has 43 heavy (non-hydrogen) atoms. The summed E-state index contributed by atoms with van der Waals surface area (Å²) in [5.41, 5.74) is 4.95. The van der Waals surface area contributed by atoms with Crippen LogP contribution >= 0.6 is 11.6 Å². The van der Waals surface area contributed by atoms with Crippen LogP contribution in [0.25, 0.3) is 11.1 Å². The quantitative estimate of drug-likeness (QED) is 0.175. The van der Waals surface area contributed by atoms with Crippen molar-refractivity contribution < 1.29 is 19.0 Å². The molecule has 0 amide bonds. The molecule has 0 aromatic heterocycles. The maximum absolute atomic E-state index is 12.4. The molecular weight excluding hydrogens is 562 g/mol. The molecule has 0 unspecified atom stereocenters. The number of hydrogen-bond acceptors (Lipinski definition) is 7. The third kappa shape index (κ3) is 8.08. The van der Waals surface area contributed by atoms with E-state index in [1.807, 2.05) is 74.8 Å². The number of benzene rings is 4. The Kier molecular flexibility index (Phi) is 10.2. The summed E-state index contributed by atoms with van der Waals surface area (Å²) in [6.45, 7) is 5.76. The van der Waals surface area contributed by atoms with Gasteiger partial charge in [0.2, 0.25) is 0 Å². The normalized spacial score (nSPS) is 13.7. The van der Waals surface area contributed by atoms with E-state index in [0.29, 0.717) is 23.7 Å². The zero-order valence-electron chi connectivity index (χ0n) is 25.0. The van der Waals surface area contributed by atoms with Gasteiger partial charge in [0.1, 0.15) is 29.4 Å². The van der Waals surface area contributed by atoms with Gasteiger partial charge in [0.15, 0.2) is 0 Å². The van der Waals surface area contributed by atoms with E-state index in [2.05, 4.69) is 39.0 Å². The van der Waals surface area contributed by atoms with Crippen LogP contribution in [-0.4, -0.2) is 76.3 Å². The number of halogens is 1. The van der Waals surface area contributed by atoms with Gasteiger partial charge in [-0.05, 0) is 79.3 Å². The molecule has 1 heterocycles. The molecule has 0 saturated carbocycles. The van der Waals surface area contributed by atoms with Crippen molar-refractivity contribution in [3.05, 3.63) is 107 Å². The minimum atomic E-state index is -0.424. The zero-order valence-corrected chi connectivity index (χ0v) is 25.7. The largest absolute Gasteiger partial charge is 0.492 e. The third-order valence-corrected chi connectivity index (χ3v) is 7.76. The van der Waals surface area contributed by atoms with Gasteiger partial charge in [-0.3, -0.25) is 4.90 Å². The summed E-state index contributed by atoms with van der Waals surface area (Å²) in [5, 5.41) is 0.724. The van der Waals surface area contributed by atoms with Crippen molar-refractivity contribution in [2.45, 2.75) is 6.54 Å². The monoisotopic (exact) mass is 599 g/mol. The second-order valence-electron chi connectivity index (χ2n) is 10.8. The van der Waals surface area contributed by atoms with Gasteiger partial charge in [-0.2, -0.15) is 0 Å². The van der Waals surface area contributed by atoms with Gasteiger partial charge < -0.3 is 24.0 Å². The number of hydrogen-bond donors (Lipinski definition) is 0. The molecule has 4 aromatic carbocycles. The van der Waals surface area contributed by atoms with E-state index in [1.165, 1.54) is 18.2 Å². The van der Waals surface area contributed by atoms with Gasteiger partial charge in [0.25, 0.3) is 0 Å². The highest BCUT2D eigenvalue weighted by Crippen LogP contribution is 2.33. The second-order valence-corrected chi connectivity index (χ2v) is 11.3. The average Bonchev–Trinajstić information content (AvgIpc) is 3.02. The van der Waals surface area contributed by atoms with E-state index in [9.17, 15) is 4.79 Å². The van der Waals surface area contributed by atoms with Gasteiger partial charge >= 0.3 is 5.97 Å². The summed E-state index contributed by atoms with van der Waals surface area (Å²) >= 11 is 6.18. The first-order valence-corrected chi connectivity index (χ1v) is 14.9. The van der Waals surface area contributed by atoms with Crippen LogP contribution in [0.2, 0.25) is 5.02 Å². The van der Waals surface area contributed by atoms with Crippen LogP contribution < -0.4 is 14.4 Å². The highest BCUT2D eigenvalue weighted by atomic mass is 35.5. The lowest BCUT2D eigenvalue weighted by Crippen LogP contribution is -2.46. The molecule has 0 N–H and O–H groups in total. The van der Waals surface area contributed by atoms with Crippen molar-refractivity contribution in [2.24, 2.45) is 0 Å². The molecule has 0 aliphatic carbocycles. The Hall–Kier alpha value is -4.04. The summed E-state index contributed by atoms with van der Waals surface area (Å²) in [6.07, 6.45) is 0. The Morgan fingerprint density at radius 2 is 1.60 bits per heavy atom. The van der Waals surface area contributed by atoms with Crippen molar-refractivity contribution >= 4 is 23.3 Å². The molecule has 0 spiro atoms. The number of nitrogens with zero attached hydrogens (tertiary/aromatic N) is 3. The third-order valence-electron chi connectivity index (χ3n) is 7.51. The molecule has 8 heteroatoms. The summed E-state index contributed by atoms with van der Waals surface area (Å²) < 4.78 is 17.2. The molecule has 1 saturated heterocycles. The van der Waals surface area contributed by atoms with Crippen molar-refractivity contribution in [1.29, 1.82) is 0 Å². The smallest absolute Gasteiger partial charge is 0.341 e. The van der Waals surface area contributed by atoms with Crippen LogP contribution in [0.4, 0.5) is 5.69 Å². The fraction of sp³-hybridized carbons (Fsp3) is 0.286. The first-order chi connectivity index (χ1) is 20.9. The first-order valence-electron chi connectivity index (χ1n) is 14.5. The van der Waals surface area contributed by atoms with Gasteiger partial charge in [-0.1, -0.05) is 48.0 Å². The SMILES string of the molecule is COC(=O)c1ccc(N2CCN(Cc3cc(OCCN(C)C)ccc3-c3ccc(Cl)cc3)CC2)cc1Oc1ccccc1. The van der Waals surface area contributed by atoms with Gasteiger partial charge in [0, 0.05) is 56.0 Å². The maximum atomic E-state index is 12.4. The highest BCUT2D eigenvalue weighted by Gasteiger charge is 2.22. The van der Waals surface area contributed by atoms with E-state index >= 15 is 0 Å². The van der Waals surface area contributed by atoms with Gasteiger partial charge in [0.05, 0.1) is 7.11 Å². The van der Waals surface area contributed by atoms with E-state index < -0.39 is 5.97 Å². The second kappa shape index (κ2) is 14.4. The van der Waals surface area contributed by atoms with Crippen LogP contribution in [0.3, 0.4) is 0 Å². The molecule has 0 radical (unpaired) electrons. The molecule has 1 aliphatic rings. The van der Waals surface area contributed by atoms with Crippen molar-refractivity contribution in [2.75, 3.05) is 65.4 Å².